The van der Waals surface area contributed by atoms with Gasteiger partial charge in [-0.25, -0.2) is 0 Å². The van der Waals surface area contributed by atoms with Gasteiger partial charge < -0.3 is 20.3 Å². The summed E-state index contributed by atoms with van der Waals surface area (Å²) in [6, 6.07) is 7.84. The first-order chi connectivity index (χ1) is 11.5. The molecule has 0 amide bonds. The Morgan fingerprint density at radius 2 is 2.08 bits per heavy atom. The average Bonchev–Trinajstić information content (AvgIpc) is 3.10. The van der Waals surface area contributed by atoms with Crippen molar-refractivity contribution < 1.29 is 14.6 Å². The van der Waals surface area contributed by atoms with Crippen molar-refractivity contribution in [2.24, 2.45) is 5.73 Å². The highest BCUT2D eigenvalue weighted by atomic mass is 35.5. The van der Waals surface area contributed by atoms with Crippen LogP contribution in [-0.2, 0) is 4.74 Å². The van der Waals surface area contributed by atoms with Crippen molar-refractivity contribution >= 4 is 23.2 Å². The number of pyridine rings is 1. The fourth-order valence-electron chi connectivity index (χ4n) is 2.52. The molecule has 0 spiro atoms. The molecule has 5 nitrogen and oxygen atoms in total. The molecule has 1 aromatic carbocycles. The molecule has 1 aliphatic heterocycles. The van der Waals surface area contributed by atoms with Crippen LogP contribution in [0, 0.1) is 0 Å². The Morgan fingerprint density at radius 1 is 1.25 bits per heavy atom. The van der Waals surface area contributed by atoms with Crippen LogP contribution < -0.4 is 10.5 Å². The van der Waals surface area contributed by atoms with Crippen LogP contribution in [0.1, 0.15) is 29.8 Å². The molecule has 2 heterocycles. The Hall–Kier alpha value is -1.37. The third kappa shape index (κ3) is 3.99. The number of hydrogen-bond acceptors (Lipinski definition) is 5. The molecule has 0 bridgehead atoms. The Kier molecular flexibility index (Phi) is 5.58. The number of benzene rings is 1. The monoisotopic (exact) mass is 368 g/mol. The maximum Gasteiger partial charge on any atom is 0.138 e. The molecule has 1 aromatic heterocycles. The molecule has 3 atom stereocenters. The number of halogens is 2. The summed E-state index contributed by atoms with van der Waals surface area (Å²) in [5.74, 6) is 0.643. The van der Waals surface area contributed by atoms with Crippen LogP contribution >= 0.6 is 23.2 Å². The van der Waals surface area contributed by atoms with E-state index in [2.05, 4.69) is 4.98 Å². The highest BCUT2D eigenvalue weighted by Crippen LogP contribution is 2.30. The van der Waals surface area contributed by atoms with Gasteiger partial charge in [0.15, 0.2) is 0 Å². The van der Waals surface area contributed by atoms with Gasteiger partial charge in [0.1, 0.15) is 18.0 Å². The number of aliphatic hydroxyl groups is 1. The lowest BCUT2D eigenvalue weighted by Gasteiger charge is -2.20. The van der Waals surface area contributed by atoms with Gasteiger partial charge in [-0.1, -0.05) is 29.3 Å². The third-order valence-corrected chi connectivity index (χ3v) is 4.66. The van der Waals surface area contributed by atoms with Crippen LogP contribution in [0.5, 0.6) is 5.75 Å². The largest absolute Gasteiger partial charge is 0.486 e. The van der Waals surface area contributed by atoms with Crippen molar-refractivity contribution in [3.8, 4) is 5.75 Å². The average molecular weight is 369 g/mol. The molecule has 0 saturated carbocycles. The standard InChI is InChI=1S/C17H18Cl2N2O3/c18-13-3-1-10(7-14(13)19)16(20)17(22)15-4-2-11(8-21-15)24-12-5-6-23-9-12/h1-4,7-8,12,16-17,22H,5-6,9,20H2. The van der Waals surface area contributed by atoms with E-state index in [0.29, 0.717) is 40.3 Å². The fraction of sp³-hybridized carbons (Fsp3) is 0.353. The van der Waals surface area contributed by atoms with Crippen LogP contribution in [0.3, 0.4) is 0 Å². The molecule has 1 saturated heterocycles. The number of rotatable bonds is 5. The lowest BCUT2D eigenvalue weighted by atomic mass is 10.00. The van der Waals surface area contributed by atoms with Crippen molar-refractivity contribution in [2.45, 2.75) is 24.7 Å². The topological polar surface area (TPSA) is 77.6 Å². The minimum atomic E-state index is -0.967. The quantitative estimate of drug-likeness (QED) is 0.846. The number of hydrogen-bond donors (Lipinski definition) is 2. The molecular weight excluding hydrogens is 351 g/mol. The number of nitrogens with two attached hydrogens (primary N) is 1. The summed E-state index contributed by atoms with van der Waals surface area (Å²) in [5, 5.41) is 11.3. The van der Waals surface area contributed by atoms with Crippen LogP contribution in [0.4, 0.5) is 0 Å². The predicted octanol–water partition coefficient (Wildman–Crippen LogP) is 3.29. The zero-order chi connectivity index (χ0) is 17.1. The van der Waals surface area contributed by atoms with Crippen molar-refractivity contribution in [1.82, 2.24) is 4.98 Å². The van der Waals surface area contributed by atoms with E-state index in [1.165, 1.54) is 0 Å². The molecule has 0 aliphatic carbocycles. The Balaban J connectivity index is 1.69. The van der Waals surface area contributed by atoms with E-state index in [1.54, 1.807) is 36.5 Å². The Morgan fingerprint density at radius 3 is 2.71 bits per heavy atom. The van der Waals surface area contributed by atoms with Crippen LogP contribution in [0.25, 0.3) is 0 Å². The summed E-state index contributed by atoms with van der Waals surface area (Å²) >= 11 is 11.9. The molecule has 2 aromatic rings. The summed E-state index contributed by atoms with van der Waals surface area (Å²) < 4.78 is 11.0. The number of nitrogens with zero attached hydrogens (tertiary/aromatic N) is 1. The summed E-state index contributed by atoms with van der Waals surface area (Å²) in [5.41, 5.74) is 7.26. The maximum absolute atomic E-state index is 10.5. The second-order valence-corrected chi connectivity index (χ2v) is 6.48. The molecule has 1 aliphatic rings. The van der Waals surface area contributed by atoms with Gasteiger partial charge in [0.2, 0.25) is 0 Å². The first-order valence-corrected chi connectivity index (χ1v) is 8.39. The zero-order valence-electron chi connectivity index (χ0n) is 12.9. The van der Waals surface area contributed by atoms with Crippen molar-refractivity contribution in [3.05, 3.63) is 57.8 Å². The molecule has 128 valence electrons. The highest BCUT2D eigenvalue weighted by Gasteiger charge is 2.22. The molecule has 3 unspecified atom stereocenters. The number of ether oxygens (including phenoxy) is 2. The smallest absolute Gasteiger partial charge is 0.138 e. The van der Waals surface area contributed by atoms with Gasteiger partial charge in [-0.05, 0) is 29.8 Å². The van der Waals surface area contributed by atoms with Crippen LogP contribution in [0.2, 0.25) is 10.0 Å². The molecular formula is C17H18Cl2N2O3. The van der Waals surface area contributed by atoms with Crippen LogP contribution in [0.15, 0.2) is 36.5 Å². The Bertz CT molecular complexity index is 691. The summed E-state index contributed by atoms with van der Waals surface area (Å²) in [7, 11) is 0. The molecule has 24 heavy (non-hydrogen) atoms. The van der Waals surface area contributed by atoms with E-state index in [-0.39, 0.29) is 6.10 Å². The maximum atomic E-state index is 10.5. The van der Waals surface area contributed by atoms with Gasteiger partial charge in [-0.2, -0.15) is 0 Å². The molecule has 7 heteroatoms. The molecule has 3 rings (SSSR count). The summed E-state index contributed by atoms with van der Waals surface area (Å²) in [6.07, 6.45) is 1.54. The number of aliphatic hydroxyl groups excluding tert-OH is 1. The minimum absolute atomic E-state index is 0.0565. The van der Waals surface area contributed by atoms with Gasteiger partial charge in [0, 0.05) is 6.42 Å². The van der Waals surface area contributed by atoms with Crippen LogP contribution in [-0.4, -0.2) is 29.4 Å². The molecule has 0 radical (unpaired) electrons. The normalized spacial score (nSPS) is 19.9. The minimum Gasteiger partial charge on any atom is -0.486 e. The van der Waals surface area contributed by atoms with E-state index >= 15 is 0 Å². The zero-order valence-corrected chi connectivity index (χ0v) is 14.4. The first-order valence-electron chi connectivity index (χ1n) is 7.63. The number of aromatic nitrogens is 1. The van der Waals surface area contributed by atoms with Gasteiger partial charge >= 0.3 is 0 Å². The van der Waals surface area contributed by atoms with Gasteiger partial charge in [-0.3, -0.25) is 4.98 Å². The van der Waals surface area contributed by atoms with Gasteiger partial charge in [0.25, 0.3) is 0 Å². The second kappa shape index (κ2) is 7.68. The second-order valence-electron chi connectivity index (χ2n) is 5.67. The highest BCUT2D eigenvalue weighted by molar-refractivity contribution is 6.42. The lowest BCUT2D eigenvalue weighted by molar-refractivity contribution is 0.137. The van der Waals surface area contributed by atoms with Crippen molar-refractivity contribution in [3.63, 3.8) is 0 Å². The van der Waals surface area contributed by atoms with Crippen molar-refractivity contribution in [1.29, 1.82) is 0 Å². The van der Waals surface area contributed by atoms with Gasteiger partial charge in [-0.15, -0.1) is 0 Å². The summed E-state index contributed by atoms with van der Waals surface area (Å²) in [6.45, 7) is 1.31. The van der Waals surface area contributed by atoms with E-state index in [4.69, 9.17) is 38.4 Å². The first kappa shape index (κ1) is 17.5. The predicted molar refractivity (Wildman–Crippen MR) is 92.4 cm³/mol. The van der Waals surface area contributed by atoms with E-state index in [9.17, 15) is 5.11 Å². The van der Waals surface area contributed by atoms with E-state index in [1.807, 2.05) is 0 Å². The third-order valence-electron chi connectivity index (χ3n) is 3.92. The molecule has 1 fully saturated rings. The van der Waals surface area contributed by atoms with Crippen molar-refractivity contribution in [2.75, 3.05) is 13.2 Å². The summed E-state index contributed by atoms with van der Waals surface area (Å²) in [4.78, 5) is 4.25. The van der Waals surface area contributed by atoms with E-state index in [0.717, 1.165) is 6.42 Å². The van der Waals surface area contributed by atoms with Gasteiger partial charge in [0.05, 0.1) is 41.2 Å². The van der Waals surface area contributed by atoms with E-state index < -0.39 is 12.1 Å². The SMILES string of the molecule is NC(c1ccc(Cl)c(Cl)c1)C(O)c1ccc(OC2CCOC2)cn1. The molecule has 3 N–H and O–H groups in total. The Labute approximate surface area is 150 Å². The lowest BCUT2D eigenvalue weighted by Crippen LogP contribution is -2.20. The fourth-order valence-corrected chi connectivity index (χ4v) is 2.83.